The van der Waals surface area contributed by atoms with E-state index < -0.39 is 0 Å². The van der Waals surface area contributed by atoms with Gasteiger partial charge in [0, 0.05) is 23.2 Å². The average Bonchev–Trinajstić information content (AvgIpc) is 3.16. The molecule has 0 aliphatic heterocycles. The van der Waals surface area contributed by atoms with Gasteiger partial charge in [-0.05, 0) is 36.8 Å². The molecule has 3 heterocycles. The molecule has 0 saturated carbocycles. The molecule has 3 aromatic heterocycles. The number of aromatic nitrogens is 1. The summed E-state index contributed by atoms with van der Waals surface area (Å²) in [5.74, 6) is -0.0491. The van der Waals surface area contributed by atoms with Crippen molar-refractivity contribution in [3.05, 3.63) is 64.4 Å². The number of nitrogens with zero attached hydrogens (tertiary/aromatic N) is 1. The molecule has 3 rings (SSSR count). The number of amides is 1. The van der Waals surface area contributed by atoms with Crippen molar-refractivity contribution in [2.24, 2.45) is 0 Å². The van der Waals surface area contributed by atoms with Gasteiger partial charge in [-0.1, -0.05) is 6.07 Å². The lowest BCUT2D eigenvalue weighted by Gasteiger charge is -2.04. The minimum atomic E-state index is -0.0491. The van der Waals surface area contributed by atoms with Gasteiger partial charge in [0.15, 0.2) is 0 Å². The molecule has 5 heteroatoms. The molecule has 0 bridgehead atoms. The molecule has 0 aromatic carbocycles. The number of rotatable bonds is 4. The van der Waals surface area contributed by atoms with Crippen LogP contribution in [0.4, 0.5) is 0 Å². The number of pyridine rings is 1. The van der Waals surface area contributed by atoms with Gasteiger partial charge >= 0.3 is 0 Å². The highest BCUT2D eigenvalue weighted by Gasteiger charge is 2.07. The minimum absolute atomic E-state index is 0.0491. The van der Waals surface area contributed by atoms with Gasteiger partial charge < -0.3 is 9.73 Å². The first-order valence-corrected chi connectivity index (χ1v) is 7.36. The maximum atomic E-state index is 12.0. The van der Waals surface area contributed by atoms with E-state index in [4.69, 9.17) is 4.42 Å². The first kappa shape index (κ1) is 13.6. The standard InChI is InChI=1S/C16H14N2O2S/c1-11-2-5-15(21-11)16(19)18-9-12-3-4-14(17-8-12)13-6-7-20-10-13/h2-8,10H,9H2,1H3,(H,18,19). The Balaban J connectivity index is 1.62. The van der Waals surface area contributed by atoms with Crippen LogP contribution in [0.2, 0.25) is 0 Å². The zero-order chi connectivity index (χ0) is 14.7. The molecule has 0 atom stereocenters. The first-order valence-electron chi connectivity index (χ1n) is 6.54. The zero-order valence-electron chi connectivity index (χ0n) is 11.5. The molecule has 106 valence electrons. The monoisotopic (exact) mass is 298 g/mol. The van der Waals surface area contributed by atoms with Gasteiger partial charge in [-0.3, -0.25) is 9.78 Å². The van der Waals surface area contributed by atoms with Gasteiger partial charge in [0.05, 0.1) is 23.1 Å². The van der Waals surface area contributed by atoms with E-state index in [-0.39, 0.29) is 5.91 Å². The van der Waals surface area contributed by atoms with Crippen molar-refractivity contribution < 1.29 is 9.21 Å². The molecule has 0 fully saturated rings. The lowest BCUT2D eigenvalue weighted by molar-refractivity contribution is 0.0955. The second kappa shape index (κ2) is 5.93. The summed E-state index contributed by atoms with van der Waals surface area (Å²) in [6.45, 7) is 2.45. The molecule has 0 unspecified atom stereocenters. The zero-order valence-corrected chi connectivity index (χ0v) is 12.3. The van der Waals surface area contributed by atoms with Crippen LogP contribution in [-0.4, -0.2) is 10.9 Å². The van der Waals surface area contributed by atoms with Crippen molar-refractivity contribution in [1.82, 2.24) is 10.3 Å². The number of furan rings is 1. The van der Waals surface area contributed by atoms with E-state index in [9.17, 15) is 4.79 Å². The summed E-state index contributed by atoms with van der Waals surface area (Å²) in [5, 5.41) is 2.90. The largest absolute Gasteiger partial charge is 0.472 e. The normalized spacial score (nSPS) is 10.5. The molecule has 21 heavy (non-hydrogen) atoms. The highest BCUT2D eigenvalue weighted by Crippen LogP contribution is 2.17. The third-order valence-electron chi connectivity index (χ3n) is 3.06. The van der Waals surface area contributed by atoms with Gasteiger partial charge in [0.25, 0.3) is 5.91 Å². The number of nitrogens with one attached hydrogen (secondary N) is 1. The van der Waals surface area contributed by atoms with E-state index in [1.54, 1.807) is 18.7 Å². The third-order valence-corrected chi connectivity index (χ3v) is 4.06. The van der Waals surface area contributed by atoms with Gasteiger partial charge in [-0.2, -0.15) is 0 Å². The van der Waals surface area contributed by atoms with E-state index in [0.29, 0.717) is 6.54 Å². The van der Waals surface area contributed by atoms with Crippen molar-refractivity contribution >= 4 is 17.2 Å². The van der Waals surface area contributed by atoms with Crippen LogP contribution >= 0.6 is 11.3 Å². The van der Waals surface area contributed by atoms with Crippen LogP contribution in [0.1, 0.15) is 20.1 Å². The van der Waals surface area contributed by atoms with Crippen molar-refractivity contribution in [1.29, 1.82) is 0 Å². The summed E-state index contributed by atoms with van der Waals surface area (Å²) in [6.07, 6.45) is 5.04. The Bertz CT molecular complexity index is 730. The Morgan fingerprint density at radius 1 is 1.29 bits per heavy atom. The van der Waals surface area contributed by atoms with E-state index in [1.165, 1.54) is 11.3 Å². The average molecular weight is 298 g/mol. The van der Waals surface area contributed by atoms with Crippen molar-refractivity contribution in [2.75, 3.05) is 0 Å². The van der Waals surface area contributed by atoms with Gasteiger partial charge in [0.1, 0.15) is 0 Å². The van der Waals surface area contributed by atoms with Crippen LogP contribution in [0.3, 0.4) is 0 Å². The van der Waals surface area contributed by atoms with Gasteiger partial charge in [-0.15, -0.1) is 11.3 Å². The molecular formula is C16H14N2O2S. The third kappa shape index (κ3) is 3.20. The fraction of sp³-hybridized carbons (Fsp3) is 0.125. The predicted octanol–water partition coefficient (Wildman–Crippen LogP) is 3.64. The fourth-order valence-corrected chi connectivity index (χ4v) is 2.72. The number of hydrogen-bond donors (Lipinski definition) is 1. The molecule has 3 aromatic rings. The van der Waals surface area contributed by atoms with Gasteiger partial charge in [-0.25, -0.2) is 0 Å². The van der Waals surface area contributed by atoms with E-state index >= 15 is 0 Å². The summed E-state index contributed by atoms with van der Waals surface area (Å²) >= 11 is 1.49. The topological polar surface area (TPSA) is 55.1 Å². The Hall–Kier alpha value is -2.40. The maximum absolute atomic E-state index is 12.0. The second-order valence-electron chi connectivity index (χ2n) is 4.66. The quantitative estimate of drug-likeness (QED) is 0.800. The Labute approximate surface area is 126 Å². The Kier molecular flexibility index (Phi) is 3.83. The molecule has 0 saturated heterocycles. The second-order valence-corrected chi connectivity index (χ2v) is 5.94. The van der Waals surface area contributed by atoms with Crippen LogP contribution in [0.15, 0.2) is 53.5 Å². The molecule has 0 aliphatic rings. The van der Waals surface area contributed by atoms with Crippen LogP contribution in [0, 0.1) is 6.92 Å². The number of hydrogen-bond acceptors (Lipinski definition) is 4. The molecule has 4 nitrogen and oxygen atoms in total. The summed E-state index contributed by atoms with van der Waals surface area (Å²) in [4.78, 5) is 18.2. The van der Waals surface area contributed by atoms with E-state index in [0.717, 1.165) is 26.6 Å². The molecule has 1 amide bonds. The highest BCUT2D eigenvalue weighted by molar-refractivity contribution is 7.13. The number of aryl methyl sites for hydroxylation is 1. The van der Waals surface area contributed by atoms with E-state index in [1.807, 2.05) is 37.3 Å². The Morgan fingerprint density at radius 2 is 2.19 bits per heavy atom. The van der Waals surface area contributed by atoms with Crippen LogP contribution in [-0.2, 0) is 6.54 Å². The van der Waals surface area contributed by atoms with E-state index in [2.05, 4.69) is 10.3 Å². The highest BCUT2D eigenvalue weighted by atomic mass is 32.1. The lowest BCUT2D eigenvalue weighted by Crippen LogP contribution is -2.21. The molecule has 0 radical (unpaired) electrons. The number of carbonyl (C=O) groups is 1. The van der Waals surface area contributed by atoms with Crippen LogP contribution in [0.5, 0.6) is 0 Å². The molecule has 1 N–H and O–H groups in total. The smallest absolute Gasteiger partial charge is 0.261 e. The summed E-state index contributed by atoms with van der Waals surface area (Å²) in [6, 6.07) is 9.52. The first-order chi connectivity index (χ1) is 10.2. The summed E-state index contributed by atoms with van der Waals surface area (Å²) in [7, 11) is 0. The molecular weight excluding hydrogens is 284 g/mol. The predicted molar refractivity (Wildman–Crippen MR) is 82.2 cm³/mol. The molecule has 0 spiro atoms. The van der Waals surface area contributed by atoms with Crippen molar-refractivity contribution in [3.8, 4) is 11.3 Å². The molecule has 0 aliphatic carbocycles. The summed E-state index contributed by atoms with van der Waals surface area (Å²) < 4.78 is 5.03. The SMILES string of the molecule is Cc1ccc(C(=O)NCc2ccc(-c3ccoc3)nc2)s1. The minimum Gasteiger partial charge on any atom is -0.472 e. The maximum Gasteiger partial charge on any atom is 0.261 e. The number of carbonyl (C=O) groups excluding carboxylic acids is 1. The van der Waals surface area contributed by atoms with Gasteiger partial charge in [0.2, 0.25) is 0 Å². The van der Waals surface area contributed by atoms with Crippen LogP contribution in [0.25, 0.3) is 11.3 Å². The Morgan fingerprint density at radius 3 is 2.81 bits per heavy atom. The van der Waals surface area contributed by atoms with Crippen molar-refractivity contribution in [2.45, 2.75) is 13.5 Å². The van der Waals surface area contributed by atoms with Crippen LogP contribution < -0.4 is 5.32 Å². The fourth-order valence-electron chi connectivity index (χ4n) is 1.94. The number of thiophene rings is 1. The summed E-state index contributed by atoms with van der Waals surface area (Å²) in [5.41, 5.74) is 2.76. The van der Waals surface area contributed by atoms with Crippen molar-refractivity contribution in [3.63, 3.8) is 0 Å². The lowest BCUT2D eigenvalue weighted by atomic mass is 10.2.